The molecule has 10 nitrogen and oxygen atoms in total. The molecule has 2 atom stereocenters. The van der Waals surface area contributed by atoms with Crippen LogP contribution in [0.1, 0.15) is 56.3 Å². The second kappa shape index (κ2) is 10.0. The van der Waals surface area contributed by atoms with E-state index in [4.69, 9.17) is 9.72 Å². The Hall–Kier alpha value is -4.62. The second-order valence-electron chi connectivity index (χ2n) is 9.23. The highest BCUT2D eigenvalue weighted by Crippen LogP contribution is 2.30. The number of hydrogen-bond donors (Lipinski definition) is 1. The fraction of sp³-hybridized carbons (Fsp3) is 0.286. The molecular weight excluding hydrogens is 480 g/mol. The summed E-state index contributed by atoms with van der Waals surface area (Å²) in [4.78, 5) is 32.4. The van der Waals surface area contributed by atoms with Gasteiger partial charge in [-0.2, -0.15) is 5.26 Å². The molecule has 5 aromatic rings. The SMILES string of the molecule is CCC(Nc1ncnc2c1ncn2C1CCCCO1)c1nc2cccc(C#N)c2c(=O)n1-c1ccccc1. The number of nitriles is 1. The van der Waals surface area contributed by atoms with Crippen LogP contribution in [0.2, 0.25) is 0 Å². The fourth-order valence-electron chi connectivity index (χ4n) is 5.03. The third-order valence-electron chi connectivity index (χ3n) is 6.91. The molecule has 1 fully saturated rings. The van der Waals surface area contributed by atoms with E-state index in [1.54, 1.807) is 29.1 Å². The van der Waals surface area contributed by atoms with Crippen molar-refractivity contribution in [1.29, 1.82) is 5.26 Å². The first-order valence-corrected chi connectivity index (χ1v) is 12.8. The van der Waals surface area contributed by atoms with E-state index in [1.165, 1.54) is 6.33 Å². The number of aromatic nitrogens is 6. The predicted molar refractivity (Wildman–Crippen MR) is 143 cm³/mol. The maximum Gasteiger partial charge on any atom is 0.267 e. The van der Waals surface area contributed by atoms with E-state index in [1.807, 2.05) is 41.8 Å². The van der Waals surface area contributed by atoms with Crippen LogP contribution in [-0.2, 0) is 4.74 Å². The van der Waals surface area contributed by atoms with E-state index in [2.05, 4.69) is 26.3 Å². The molecular formula is C28H26N8O2. The number of hydrogen-bond acceptors (Lipinski definition) is 8. The maximum atomic E-state index is 13.9. The summed E-state index contributed by atoms with van der Waals surface area (Å²) >= 11 is 0. The zero-order valence-corrected chi connectivity index (χ0v) is 20.9. The number of anilines is 1. The van der Waals surface area contributed by atoms with Gasteiger partial charge >= 0.3 is 0 Å². The van der Waals surface area contributed by atoms with Crippen molar-refractivity contribution in [2.24, 2.45) is 0 Å². The van der Waals surface area contributed by atoms with E-state index in [-0.39, 0.29) is 17.8 Å². The highest BCUT2D eigenvalue weighted by molar-refractivity contribution is 5.85. The predicted octanol–water partition coefficient (Wildman–Crippen LogP) is 4.66. The largest absolute Gasteiger partial charge is 0.358 e. The fourth-order valence-corrected chi connectivity index (χ4v) is 5.03. The molecule has 0 saturated carbocycles. The smallest absolute Gasteiger partial charge is 0.267 e. The van der Waals surface area contributed by atoms with Crippen LogP contribution in [0.4, 0.5) is 5.82 Å². The monoisotopic (exact) mass is 506 g/mol. The number of nitrogens with one attached hydrogen (secondary N) is 1. The summed E-state index contributed by atoms with van der Waals surface area (Å²) in [6, 6.07) is 16.2. The van der Waals surface area contributed by atoms with Crippen LogP contribution in [0.25, 0.3) is 27.8 Å². The van der Waals surface area contributed by atoms with Crippen molar-refractivity contribution in [1.82, 2.24) is 29.1 Å². The first kappa shape index (κ1) is 23.8. The molecule has 1 saturated heterocycles. The minimum Gasteiger partial charge on any atom is -0.358 e. The van der Waals surface area contributed by atoms with Crippen LogP contribution >= 0.6 is 0 Å². The molecule has 0 radical (unpaired) electrons. The molecule has 1 aliphatic rings. The van der Waals surface area contributed by atoms with Gasteiger partial charge in [0, 0.05) is 6.61 Å². The molecule has 6 rings (SSSR count). The summed E-state index contributed by atoms with van der Waals surface area (Å²) in [5.41, 5.74) is 2.46. The van der Waals surface area contributed by atoms with Crippen molar-refractivity contribution in [2.75, 3.05) is 11.9 Å². The summed E-state index contributed by atoms with van der Waals surface area (Å²) in [5, 5.41) is 13.4. The van der Waals surface area contributed by atoms with Gasteiger partial charge in [0.25, 0.3) is 5.56 Å². The number of ether oxygens (including phenoxy) is 1. The highest BCUT2D eigenvalue weighted by Gasteiger charge is 2.24. The summed E-state index contributed by atoms with van der Waals surface area (Å²) in [5.74, 6) is 1.07. The highest BCUT2D eigenvalue weighted by atomic mass is 16.5. The molecule has 2 unspecified atom stereocenters. The molecule has 0 spiro atoms. The van der Waals surface area contributed by atoms with Gasteiger partial charge in [-0.3, -0.25) is 13.9 Å². The third-order valence-corrected chi connectivity index (χ3v) is 6.91. The third kappa shape index (κ3) is 4.07. The molecule has 3 aromatic heterocycles. The molecule has 10 heteroatoms. The lowest BCUT2D eigenvalue weighted by Gasteiger charge is -2.24. The average Bonchev–Trinajstić information content (AvgIpc) is 3.41. The van der Waals surface area contributed by atoms with Gasteiger partial charge < -0.3 is 10.1 Å². The molecule has 0 amide bonds. The average molecular weight is 507 g/mol. The second-order valence-corrected chi connectivity index (χ2v) is 9.23. The van der Waals surface area contributed by atoms with Gasteiger partial charge in [0.05, 0.1) is 34.5 Å². The van der Waals surface area contributed by atoms with E-state index in [9.17, 15) is 10.1 Å². The Kier molecular flexibility index (Phi) is 6.27. The van der Waals surface area contributed by atoms with Crippen molar-refractivity contribution in [3.8, 4) is 11.8 Å². The molecule has 0 aliphatic carbocycles. The lowest BCUT2D eigenvalue weighted by Crippen LogP contribution is -2.28. The van der Waals surface area contributed by atoms with Crippen molar-refractivity contribution in [3.05, 3.63) is 82.9 Å². The Balaban J connectivity index is 1.48. The van der Waals surface area contributed by atoms with Gasteiger partial charge in [0.15, 0.2) is 17.0 Å². The van der Waals surface area contributed by atoms with Gasteiger partial charge in [-0.15, -0.1) is 0 Å². The van der Waals surface area contributed by atoms with E-state index >= 15 is 0 Å². The van der Waals surface area contributed by atoms with Gasteiger partial charge in [-0.25, -0.2) is 19.9 Å². The van der Waals surface area contributed by atoms with Gasteiger partial charge in [-0.1, -0.05) is 31.2 Å². The van der Waals surface area contributed by atoms with Gasteiger partial charge in [0.2, 0.25) is 0 Å². The Morgan fingerprint density at radius 2 is 2.00 bits per heavy atom. The lowest BCUT2D eigenvalue weighted by molar-refractivity contribution is -0.0298. The van der Waals surface area contributed by atoms with Crippen molar-refractivity contribution < 1.29 is 4.74 Å². The summed E-state index contributed by atoms with van der Waals surface area (Å²) < 4.78 is 9.49. The Morgan fingerprint density at radius 1 is 1.13 bits per heavy atom. The van der Waals surface area contributed by atoms with Crippen molar-refractivity contribution in [2.45, 2.75) is 44.9 Å². The molecule has 190 valence electrons. The standard InChI is InChI=1S/C28H26N8O2/c1-2-20(33-25-24-27(31-16-30-25)35(17-32-24)22-13-6-7-14-38-22)26-34-21-12-8-9-18(15-29)23(21)28(37)36(26)19-10-4-3-5-11-19/h3-5,8-12,16-17,20,22H,2,6-7,13-14H2,1H3,(H,30,31,33). The van der Waals surface area contributed by atoms with E-state index < -0.39 is 0 Å². The normalized spacial score (nSPS) is 16.4. The van der Waals surface area contributed by atoms with E-state index in [0.29, 0.717) is 51.4 Å². The maximum absolute atomic E-state index is 13.9. The lowest BCUT2D eigenvalue weighted by atomic mass is 10.1. The quantitative estimate of drug-likeness (QED) is 0.353. The van der Waals surface area contributed by atoms with Gasteiger partial charge in [-0.05, 0) is 49.9 Å². The zero-order chi connectivity index (χ0) is 26.1. The van der Waals surface area contributed by atoms with E-state index in [0.717, 1.165) is 25.9 Å². The molecule has 1 N–H and O–H groups in total. The minimum absolute atomic E-state index is 0.0989. The molecule has 1 aliphatic heterocycles. The van der Waals surface area contributed by atoms with Crippen molar-refractivity contribution >= 4 is 27.9 Å². The van der Waals surface area contributed by atoms with Crippen LogP contribution < -0.4 is 10.9 Å². The van der Waals surface area contributed by atoms with Crippen LogP contribution in [0, 0.1) is 11.3 Å². The first-order chi connectivity index (χ1) is 18.7. The van der Waals surface area contributed by atoms with Gasteiger partial charge in [0.1, 0.15) is 24.4 Å². The number of rotatable bonds is 6. The first-order valence-electron chi connectivity index (χ1n) is 12.8. The Bertz CT molecular complexity index is 1710. The number of imidazole rings is 1. The topological polar surface area (TPSA) is 124 Å². The number of fused-ring (bicyclic) bond motifs is 2. The molecule has 2 aromatic carbocycles. The zero-order valence-electron chi connectivity index (χ0n) is 20.9. The van der Waals surface area contributed by atoms with Crippen LogP contribution in [0.15, 0.2) is 66.0 Å². The Morgan fingerprint density at radius 3 is 2.76 bits per heavy atom. The molecule has 38 heavy (non-hydrogen) atoms. The summed E-state index contributed by atoms with van der Waals surface area (Å²) in [6.07, 6.45) is 6.83. The number of para-hydroxylation sites is 1. The molecule has 4 heterocycles. The van der Waals surface area contributed by atoms with Crippen LogP contribution in [-0.4, -0.2) is 35.7 Å². The number of benzene rings is 2. The van der Waals surface area contributed by atoms with Crippen LogP contribution in [0.5, 0.6) is 0 Å². The molecule has 0 bridgehead atoms. The van der Waals surface area contributed by atoms with Crippen molar-refractivity contribution in [3.63, 3.8) is 0 Å². The summed E-state index contributed by atoms with van der Waals surface area (Å²) in [7, 11) is 0. The van der Waals surface area contributed by atoms with Crippen LogP contribution in [0.3, 0.4) is 0 Å². The summed E-state index contributed by atoms with van der Waals surface area (Å²) in [6.45, 7) is 2.73. The minimum atomic E-state index is -0.382. The Labute approximate surface area is 218 Å². The number of nitrogens with zero attached hydrogens (tertiary/aromatic N) is 7.